The van der Waals surface area contributed by atoms with Crippen LogP contribution in [-0.2, 0) is 4.79 Å². The number of ketones is 1. The molecule has 0 radical (unpaired) electrons. The van der Waals surface area contributed by atoms with Crippen molar-refractivity contribution in [1.29, 1.82) is 0 Å². The van der Waals surface area contributed by atoms with Crippen LogP contribution in [0.15, 0.2) is 24.3 Å². The standard InChI is InChI=1S/C13H15N3O/c17-11-6-2-1-5-10(9-11)16-14-12-7-3-4-8-13(12)15-16/h3-4,7-8,10H,1-2,5-6,9H2/t10-/m0/s1. The van der Waals surface area contributed by atoms with E-state index >= 15 is 0 Å². The number of Topliss-reactive ketones (excluding diaryl/α,β-unsaturated/α-hetero) is 1. The third kappa shape index (κ3) is 2.07. The molecule has 0 aliphatic heterocycles. The molecule has 0 amide bonds. The minimum atomic E-state index is 0.150. The lowest BCUT2D eigenvalue weighted by atomic mass is 10.1. The quantitative estimate of drug-likeness (QED) is 0.706. The van der Waals surface area contributed by atoms with Gasteiger partial charge in [-0.25, -0.2) is 0 Å². The highest BCUT2D eigenvalue weighted by molar-refractivity contribution is 5.79. The summed E-state index contributed by atoms with van der Waals surface area (Å²) in [5.74, 6) is 0.342. The Morgan fingerprint density at radius 1 is 1.12 bits per heavy atom. The molecule has 1 fully saturated rings. The maximum Gasteiger partial charge on any atom is 0.135 e. The molecule has 0 saturated heterocycles. The number of benzene rings is 1. The molecule has 4 nitrogen and oxygen atoms in total. The molecule has 1 heterocycles. The molecule has 2 aromatic rings. The third-order valence-electron chi connectivity index (χ3n) is 3.33. The topological polar surface area (TPSA) is 47.8 Å². The van der Waals surface area contributed by atoms with Gasteiger partial charge in [-0.1, -0.05) is 18.6 Å². The lowest BCUT2D eigenvalue weighted by Gasteiger charge is -2.11. The molecule has 1 aliphatic rings. The van der Waals surface area contributed by atoms with Gasteiger partial charge in [0.15, 0.2) is 0 Å². The van der Waals surface area contributed by atoms with Crippen LogP contribution >= 0.6 is 0 Å². The molecule has 0 bridgehead atoms. The average Bonchev–Trinajstić information content (AvgIpc) is 2.65. The Hall–Kier alpha value is -1.71. The molecule has 4 heteroatoms. The molecular weight excluding hydrogens is 214 g/mol. The second-order valence-electron chi connectivity index (χ2n) is 4.65. The summed E-state index contributed by atoms with van der Waals surface area (Å²) in [5, 5.41) is 8.93. The van der Waals surface area contributed by atoms with Crippen molar-refractivity contribution in [3.63, 3.8) is 0 Å². The molecule has 0 spiro atoms. The highest BCUT2D eigenvalue weighted by Gasteiger charge is 2.21. The van der Waals surface area contributed by atoms with E-state index in [1.807, 2.05) is 24.3 Å². The predicted molar refractivity (Wildman–Crippen MR) is 64.7 cm³/mol. The Kier molecular flexibility index (Phi) is 2.63. The number of carbonyl (C=O) groups is 1. The van der Waals surface area contributed by atoms with E-state index in [-0.39, 0.29) is 6.04 Å². The van der Waals surface area contributed by atoms with Gasteiger partial charge >= 0.3 is 0 Å². The van der Waals surface area contributed by atoms with Crippen LogP contribution in [0.4, 0.5) is 0 Å². The molecule has 0 unspecified atom stereocenters. The van der Waals surface area contributed by atoms with Gasteiger partial charge in [0.05, 0.1) is 6.04 Å². The molecule has 0 N–H and O–H groups in total. The molecule has 17 heavy (non-hydrogen) atoms. The Morgan fingerprint density at radius 2 is 1.82 bits per heavy atom. The van der Waals surface area contributed by atoms with Crippen molar-refractivity contribution in [3.8, 4) is 0 Å². The summed E-state index contributed by atoms with van der Waals surface area (Å²) < 4.78 is 0. The van der Waals surface area contributed by atoms with Gasteiger partial charge in [0.2, 0.25) is 0 Å². The molecule has 1 aliphatic carbocycles. The second-order valence-corrected chi connectivity index (χ2v) is 4.65. The Labute approximate surface area is 99.6 Å². The first-order chi connectivity index (χ1) is 8.33. The molecule has 88 valence electrons. The van der Waals surface area contributed by atoms with E-state index in [0.29, 0.717) is 12.2 Å². The van der Waals surface area contributed by atoms with Gasteiger partial charge in [0.25, 0.3) is 0 Å². The van der Waals surface area contributed by atoms with Crippen LogP contribution in [0.3, 0.4) is 0 Å². The van der Waals surface area contributed by atoms with Crippen LogP contribution in [0.5, 0.6) is 0 Å². The highest BCUT2D eigenvalue weighted by atomic mass is 16.1. The third-order valence-corrected chi connectivity index (χ3v) is 3.33. The number of rotatable bonds is 1. The zero-order valence-corrected chi connectivity index (χ0v) is 9.67. The van der Waals surface area contributed by atoms with Gasteiger partial charge in [-0.05, 0) is 25.0 Å². The van der Waals surface area contributed by atoms with Crippen LogP contribution in [0.1, 0.15) is 38.1 Å². The number of aromatic nitrogens is 3. The van der Waals surface area contributed by atoms with Crippen LogP contribution < -0.4 is 0 Å². The van der Waals surface area contributed by atoms with E-state index < -0.39 is 0 Å². The van der Waals surface area contributed by atoms with E-state index in [2.05, 4.69) is 10.2 Å². The van der Waals surface area contributed by atoms with Crippen LogP contribution in [0.2, 0.25) is 0 Å². The smallest absolute Gasteiger partial charge is 0.135 e. The molecule has 1 saturated carbocycles. The first kappa shape index (κ1) is 10.4. The van der Waals surface area contributed by atoms with Gasteiger partial charge in [-0.3, -0.25) is 4.79 Å². The molecular formula is C13H15N3O. The minimum absolute atomic E-state index is 0.150. The summed E-state index contributed by atoms with van der Waals surface area (Å²) >= 11 is 0. The van der Waals surface area contributed by atoms with E-state index in [0.717, 1.165) is 36.7 Å². The number of hydrogen-bond donors (Lipinski definition) is 0. The predicted octanol–water partition coefficient (Wildman–Crippen LogP) is 2.51. The fourth-order valence-electron chi connectivity index (χ4n) is 2.41. The van der Waals surface area contributed by atoms with E-state index in [9.17, 15) is 4.79 Å². The summed E-state index contributed by atoms with van der Waals surface area (Å²) in [6, 6.07) is 7.98. The molecule has 3 rings (SSSR count). The lowest BCUT2D eigenvalue weighted by molar-refractivity contribution is -0.119. The Bertz CT molecular complexity index is 513. The summed E-state index contributed by atoms with van der Waals surface area (Å²) in [4.78, 5) is 13.4. The first-order valence-corrected chi connectivity index (χ1v) is 6.16. The first-order valence-electron chi connectivity index (χ1n) is 6.16. The van der Waals surface area contributed by atoms with Crippen molar-refractivity contribution in [1.82, 2.24) is 15.0 Å². The fourth-order valence-corrected chi connectivity index (χ4v) is 2.41. The van der Waals surface area contributed by atoms with Crippen molar-refractivity contribution in [2.24, 2.45) is 0 Å². The maximum atomic E-state index is 11.6. The number of fused-ring (bicyclic) bond motifs is 1. The van der Waals surface area contributed by atoms with Gasteiger partial charge < -0.3 is 0 Å². The largest absolute Gasteiger partial charge is 0.300 e. The summed E-state index contributed by atoms with van der Waals surface area (Å²) in [7, 11) is 0. The monoisotopic (exact) mass is 229 g/mol. The number of carbonyl (C=O) groups excluding carboxylic acids is 1. The van der Waals surface area contributed by atoms with Crippen LogP contribution in [-0.4, -0.2) is 20.8 Å². The maximum absolute atomic E-state index is 11.6. The van der Waals surface area contributed by atoms with Crippen LogP contribution in [0.25, 0.3) is 11.0 Å². The second kappa shape index (κ2) is 4.28. The Balaban J connectivity index is 1.94. The fraction of sp³-hybridized carbons (Fsp3) is 0.462. The van der Waals surface area contributed by atoms with Crippen molar-refractivity contribution in [2.45, 2.75) is 38.1 Å². The van der Waals surface area contributed by atoms with Crippen molar-refractivity contribution in [3.05, 3.63) is 24.3 Å². The number of hydrogen-bond acceptors (Lipinski definition) is 3. The van der Waals surface area contributed by atoms with Gasteiger partial charge in [0, 0.05) is 12.8 Å². The normalized spacial score (nSPS) is 21.6. The minimum Gasteiger partial charge on any atom is -0.300 e. The zero-order chi connectivity index (χ0) is 11.7. The molecule has 1 aromatic carbocycles. The molecule has 1 aromatic heterocycles. The van der Waals surface area contributed by atoms with Gasteiger partial charge in [0.1, 0.15) is 16.8 Å². The number of nitrogens with zero attached hydrogens (tertiary/aromatic N) is 3. The Morgan fingerprint density at radius 3 is 2.53 bits per heavy atom. The highest BCUT2D eigenvalue weighted by Crippen LogP contribution is 2.24. The summed E-state index contributed by atoms with van der Waals surface area (Å²) in [5.41, 5.74) is 1.81. The van der Waals surface area contributed by atoms with E-state index in [1.165, 1.54) is 0 Å². The van der Waals surface area contributed by atoms with E-state index in [1.54, 1.807) is 4.80 Å². The summed E-state index contributed by atoms with van der Waals surface area (Å²) in [6.45, 7) is 0. The zero-order valence-electron chi connectivity index (χ0n) is 9.67. The van der Waals surface area contributed by atoms with Crippen molar-refractivity contribution >= 4 is 16.8 Å². The van der Waals surface area contributed by atoms with E-state index in [4.69, 9.17) is 0 Å². The SMILES string of the molecule is O=C1CCCC[C@H](n2nc3ccccc3n2)C1. The lowest BCUT2D eigenvalue weighted by Crippen LogP contribution is -2.14. The van der Waals surface area contributed by atoms with Crippen molar-refractivity contribution < 1.29 is 4.79 Å². The molecule has 1 atom stereocenters. The van der Waals surface area contributed by atoms with Crippen molar-refractivity contribution in [2.75, 3.05) is 0 Å². The average molecular weight is 229 g/mol. The summed E-state index contributed by atoms with van der Waals surface area (Å²) in [6.07, 6.45) is 4.41. The van der Waals surface area contributed by atoms with Gasteiger partial charge in [-0.15, -0.1) is 0 Å². The van der Waals surface area contributed by atoms with Crippen LogP contribution in [0, 0.1) is 0 Å². The van der Waals surface area contributed by atoms with Gasteiger partial charge in [-0.2, -0.15) is 15.0 Å².